The summed E-state index contributed by atoms with van der Waals surface area (Å²) in [5.41, 5.74) is 0. The van der Waals surface area contributed by atoms with Crippen LogP contribution in [0.4, 0.5) is 0 Å². The highest BCUT2D eigenvalue weighted by Crippen LogP contribution is 2.09. The fourth-order valence-corrected chi connectivity index (χ4v) is 2.65. The smallest absolute Gasteiger partial charge is 0.0351 e. The molecule has 0 nitrogen and oxygen atoms in total. The van der Waals surface area contributed by atoms with Gasteiger partial charge in [0.25, 0.3) is 0 Å². The molecule has 0 aliphatic carbocycles. The molecule has 0 aromatic rings. The van der Waals surface area contributed by atoms with Gasteiger partial charge in [-0.2, -0.15) is 0 Å². The lowest BCUT2D eigenvalue weighted by Crippen LogP contribution is -1.78. The lowest BCUT2D eigenvalue weighted by Gasteiger charge is -1.98. The van der Waals surface area contributed by atoms with Crippen molar-refractivity contribution in [1.82, 2.24) is 0 Å². The quantitative estimate of drug-likeness (QED) is 0.188. The summed E-state index contributed by atoms with van der Waals surface area (Å²) in [7, 11) is 0. The van der Waals surface area contributed by atoms with Gasteiger partial charge in [0.15, 0.2) is 0 Å². The van der Waals surface area contributed by atoms with Crippen molar-refractivity contribution < 1.29 is 0 Å². The Morgan fingerprint density at radius 3 is 1.27 bits per heavy atom. The molecule has 0 fully saturated rings. The van der Waals surface area contributed by atoms with Crippen LogP contribution in [0.1, 0.15) is 110 Å². The van der Waals surface area contributed by atoms with Crippen LogP contribution in [0.3, 0.4) is 0 Å². The fourth-order valence-electron chi connectivity index (χ4n) is 2.65. The van der Waals surface area contributed by atoms with Crippen LogP contribution >= 0.6 is 0 Å². The van der Waals surface area contributed by atoms with Gasteiger partial charge in [0.2, 0.25) is 0 Å². The third-order valence-electron chi connectivity index (χ3n) is 4.17. The Labute approximate surface area is 141 Å². The van der Waals surface area contributed by atoms with E-state index in [0.29, 0.717) is 0 Å². The third kappa shape index (κ3) is 19.5. The highest BCUT2D eigenvalue weighted by molar-refractivity contribution is 4.82. The van der Waals surface area contributed by atoms with Crippen LogP contribution < -0.4 is 0 Å². The van der Waals surface area contributed by atoms with Crippen molar-refractivity contribution in [2.75, 3.05) is 0 Å². The van der Waals surface area contributed by atoms with Crippen molar-refractivity contribution in [1.29, 1.82) is 0 Å². The Hall–Kier alpha value is -0.520. The van der Waals surface area contributed by atoms with Gasteiger partial charge in [-0.1, -0.05) is 89.5 Å². The molecule has 0 N–H and O–H groups in total. The summed E-state index contributed by atoms with van der Waals surface area (Å²) in [5, 5.41) is 0. The SMILES string of the molecule is [CH2]CCC/C=C/CCCCCC/C=C/CCCCCCCC. The molecule has 129 valence electrons. The van der Waals surface area contributed by atoms with Crippen molar-refractivity contribution in [2.45, 2.75) is 110 Å². The van der Waals surface area contributed by atoms with Gasteiger partial charge in [-0.15, -0.1) is 0 Å². The van der Waals surface area contributed by atoms with Gasteiger partial charge in [0.1, 0.15) is 0 Å². The maximum atomic E-state index is 3.86. The molecule has 0 saturated carbocycles. The molecule has 0 aliphatic rings. The van der Waals surface area contributed by atoms with E-state index in [1.54, 1.807) is 0 Å². The van der Waals surface area contributed by atoms with Gasteiger partial charge in [-0.25, -0.2) is 0 Å². The van der Waals surface area contributed by atoms with Crippen LogP contribution in [0.2, 0.25) is 0 Å². The zero-order valence-corrected chi connectivity index (χ0v) is 15.3. The van der Waals surface area contributed by atoms with Crippen molar-refractivity contribution >= 4 is 0 Å². The Kier molecular flexibility index (Phi) is 20.0. The standard InChI is InChI=1S/C22H41/c1-3-5-7-9-11-13-15-17-19-21-22-20-18-16-14-12-10-8-6-4-2/h9,11,18,20H,1,3-8,10,12-17,19,21-22H2,2H3/b11-9+,20-18+. The number of hydrogen-bond donors (Lipinski definition) is 0. The molecule has 0 aromatic carbocycles. The second-order valence-corrected chi connectivity index (χ2v) is 6.49. The Balaban J connectivity index is 3.09. The summed E-state index contributed by atoms with van der Waals surface area (Å²) < 4.78 is 0. The maximum Gasteiger partial charge on any atom is -0.0351 e. The highest BCUT2D eigenvalue weighted by atomic mass is 14.0. The molecule has 0 spiro atoms. The predicted octanol–water partition coefficient (Wildman–Crippen LogP) is 8.19. The number of unbranched alkanes of at least 4 members (excludes halogenated alkanes) is 13. The molecular formula is C22H41. The molecule has 22 heavy (non-hydrogen) atoms. The number of allylic oxidation sites excluding steroid dienone is 4. The molecule has 0 unspecified atom stereocenters. The largest absolute Gasteiger partial charge is 0.0885 e. The summed E-state index contributed by atoms with van der Waals surface area (Å²) in [6.45, 7) is 6.14. The number of hydrogen-bond acceptors (Lipinski definition) is 0. The third-order valence-corrected chi connectivity index (χ3v) is 4.17. The molecule has 0 bridgehead atoms. The van der Waals surface area contributed by atoms with E-state index in [2.05, 4.69) is 38.2 Å². The fraction of sp³-hybridized carbons (Fsp3) is 0.773. The molecule has 0 heteroatoms. The van der Waals surface area contributed by atoms with Gasteiger partial charge in [0, 0.05) is 0 Å². The molecule has 0 atom stereocenters. The summed E-state index contributed by atoms with van der Waals surface area (Å²) >= 11 is 0. The Morgan fingerprint density at radius 2 is 0.864 bits per heavy atom. The minimum Gasteiger partial charge on any atom is -0.0885 e. The average Bonchev–Trinajstić information content (AvgIpc) is 2.54. The second kappa shape index (κ2) is 20.5. The Morgan fingerprint density at radius 1 is 0.500 bits per heavy atom. The molecule has 1 radical (unpaired) electrons. The summed E-state index contributed by atoms with van der Waals surface area (Å²) in [5.74, 6) is 0. The Bertz CT molecular complexity index is 236. The van der Waals surface area contributed by atoms with Crippen LogP contribution in [0, 0.1) is 6.92 Å². The first-order valence-electron chi connectivity index (χ1n) is 10.0. The van der Waals surface area contributed by atoms with E-state index in [4.69, 9.17) is 0 Å². The van der Waals surface area contributed by atoms with E-state index in [1.807, 2.05) is 0 Å². The summed E-state index contributed by atoms with van der Waals surface area (Å²) in [6, 6.07) is 0. The van der Waals surface area contributed by atoms with Gasteiger partial charge < -0.3 is 0 Å². The van der Waals surface area contributed by atoms with Crippen molar-refractivity contribution in [2.24, 2.45) is 0 Å². The summed E-state index contributed by atoms with van der Waals surface area (Å²) in [4.78, 5) is 0. The highest BCUT2D eigenvalue weighted by Gasteiger charge is 1.89. The first-order chi connectivity index (χ1) is 10.9. The average molecular weight is 306 g/mol. The van der Waals surface area contributed by atoms with Gasteiger partial charge in [-0.3, -0.25) is 0 Å². The topological polar surface area (TPSA) is 0 Å². The molecule has 0 rings (SSSR count). The van der Waals surface area contributed by atoms with E-state index in [0.717, 1.165) is 6.42 Å². The minimum absolute atomic E-state index is 1.07. The molecule has 0 aromatic heterocycles. The van der Waals surface area contributed by atoms with Crippen molar-refractivity contribution in [3.05, 3.63) is 31.2 Å². The van der Waals surface area contributed by atoms with Crippen LogP contribution in [0.15, 0.2) is 24.3 Å². The molecule has 0 saturated heterocycles. The van der Waals surface area contributed by atoms with E-state index in [-0.39, 0.29) is 0 Å². The van der Waals surface area contributed by atoms with E-state index in [1.165, 1.54) is 96.3 Å². The zero-order valence-electron chi connectivity index (χ0n) is 15.3. The zero-order chi connectivity index (χ0) is 16.1. The molecule has 0 amide bonds. The first kappa shape index (κ1) is 21.5. The number of rotatable bonds is 17. The van der Waals surface area contributed by atoms with Gasteiger partial charge >= 0.3 is 0 Å². The normalized spacial score (nSPS) is 11.9. The van der Waals surface area contributed by atoms with E-state index < -0.39 is 0 Å². The first-order valence-corrected chi connectivity index (χ1v) is 10.0. The van der Waals surface area contributed by atoms with Crippen LogP contribution in [-0.4, -0.2) is 0 Å². The van der Waals surface area contributed by atoms with Crippen LogP contribution in [0.5, 0.6) is 0 Å². The van der Waals surface area contributed by atoms with Gasteiger partial charge in [-0.05, 0) is 51.4 Å². The lowest BCUT2D eigenvalue weighted by molar-refractivity contribution is 0.610. The van der Waals surface area contributed by atoms with E-state index >= 15 is 0 Å². The lowest BCUT2D eigenvalue weighted by atomic mass is 10.1. The monoisotopic (exact) mass is 305 g/mol. The second-order valence-electron chi connectivity index (χ2n) is 6.49. The predicted molar refractivity (Wildman–Crippen MR) is 103 cm³/mol. The van der Waals surface area contributed by atoms with Crippen molar-refractivity contribution in [3.63, 3.8) is 0 Å². The molecule has 0 heterocycles. The van der Waals surface area contributed by atoms with Crippen molar-refractivity contribution in [3.8, 4) is 0 Å². The van der Waals surface area contributed by atoms with E-state index in [9.17, 15) is 0 Å². The van der Waals surface area contributed by atoms with Crippen LogP contribution in [0.25, 0.3) is 0 Å². The molecular weight excluding hydrogens is 264 g/mol. The summed E-state index contributed by atoms with van der Waals surface area (Å²) in [6.07, 6.45) is 30.9. The minimum atomic E-state index is 1.07. The molecule has 0 aliphatic heterocycles. The van der Waals surface area contributed by atoms with Crippen LogP contribution in [-0.2, 0) is 0 Å². The maximum absolute atomic E-state index is 3.86. The van der Waals surface area contributed by atoms with Gasteiger partial charge in [0.05, 0.1) is 0 Å².